The Morgan fingerprint density at radius 2 is 2.11 bits per heavy atom. The van der Waals surface area contributed by atoms with Gasteiger partial charge < -0.3 is 15.6 Å². The molecule has 0 saturated heterocycles. The number of nitrogens with zero attached hydrogens (tertiary/aromatic N) is 2. The Morgan fingerprint density at radius 3 is 2.63 bits per heavy atom. The van der Waals surface area contributed by atoms with Crippen LogP contribution < -0.4 is 11.1 Å². The average molecular weight is 266 g/mol. The quantitative estimate of drug-likeness (QED) is 0.627. The summed E-state index contributed by atoms with van der Waals surface area (Å²) in [5.74, 6) is -0.268. The lowest BCUT2D eigenvalue weighted by atomic mass is 9.92. The Morgan fingerprint density at radius 1 is 1.47 bits per heavy atom. The fourth-order valence-corrected chi connectivity index (χ4v) is 2.40. The number of carbonyl (C=O) groups excluding carboxylic acids is 1. The Balaban J connectivity index is 2.02. The van der Waals surface area contributed by atoms with Gasteiger partial charge in [-0.15, -0.1) is 0 Å². The highest BCUT2D eigenvalue weighted by atomic mass is 16.6. The summed E-state index contributed by atoms with van der Waals surface area (Å²) in [4.78, 5) is 22.2. The third kappa shape index (κ3) is 3.11. The van der Waals surface area contributed by atoms with E-state index in [1.54, 1.807) is 7.05 Å². The number of nitrogens with two attached hydrogens (primary N) is 1. The number of aromatic nitrogens is 1. The molecule has 0 spiro atoms. The van der Waals surface area contributed by atoms with Gasteiger partial charge >= 0.3 is 0 Å². The van der Waals surface area contributed by atoms with E-state index in [-0.39, 0.29) is 23.7 Å². The van der Waals surface area contributed by atoms with Gasteiger partial charge in [0.1, 0.15) is 5.69 Å². The molecule has 0 bridgehead atoms. The lowest BCUT2D eigenvalue weighted by Crippen LogP contribution is -2.40. The molecule has 7 nitrogen and oxygen atoms in total. The molecule has 1 aromatic rings. The minimum absolute atomic E-state index is 0.0710. The van der Waals surface area contributed by atoms with E-state index in [2.05, 4.69) is 5.32 Å². The van der Waals surface area contributed by atoms with Crippen LogP contribution in [0.1, 0.15) is 36.2 Å². The Kier molecular flexibility index (Phi) is 3.84. The molecule has 0 atom stereocenters. The van der Waals surface area contributed by atoms with Crippen LogP contribution in [0.2, 0.25) is 0 Å². The summed E-state index contributed by atoms with van der Waals surface area (Å²) in [6, 6.07) is 1.63. The van der Waals surface area contributed by atoms with Gasteiger partial charge in [-0.1, -0.05) is 0 Å². The largest absolute Gasteiger partial charge is 0.348 e. The van der Waals surface area contributed by atoms with Crippen molar-refractivity contribution in [3.05, 3.63) is 28.1 Å². The summed E-state index contributed by atoms with van der Waals surface area (Å²) < 4.78 is 1.47. The first kappa shape index (κ1) is 13.5. The average Bonchev–Trinajstić information content (AvgIpc) is 2.74. The number of aryl methyl sites for hydroxylation is 1. The SMILES string of the molecule is Cn1cc([N+](=O)[O-])cc1C(=O)NC1CCC(N)CC1. The summed E-state index contributed by atoms with van der Waals surface area (Å²) >= 11 is 0. The van der Waals surface area contributed by atoms with Gasteiger partial charge in [0.2, 0.25) is 0 Å². The minimum atomic E-state index is -0.504. The molecule has 19 heavy (non-hydrogen) atoms. The predicted octanol–water partition coefficient (Wildman–Crippen LogP) is 0.933. The molecule has 1 fully saturated rings. The zero-order valence-electron chi connectivity index (χ0n) is 10.8. The zero-order valence-corrected chi connectivity index (χ0v) is 10.8. The number of amides is 1. The van der Waals surface area contributed by atoms with Crippen LogP contribution >= 0.6 is 0 Å². The summed E-state index contributed by atoms with van der Waals surface area (Å²) in [6.07, 6.45) is 4.86. The number of rotatable bonds is 3. The van der Waals surface area contributed by atoms with Crippen molar-refractivity contribution in [2.24, 2.45) is 12.8 Å². The molecule has 1 aliphatic rings. The first-order chi connectivity index (χ1) is 8.97. The zero-order chi connectivity index (χ0) is 14.0. The van der Waals surface area contributed by atoms with Crippen molar-refractivity contribution in [3.8, 4) is 0 Å². The maximum Gasteiger partial charge on any atom is 0.287 e. The molecule has 1 amide bonds. The lowest BCUT2D eigenvalue weighted by molar-refractivity contribution is -0.384. The minimum Gasteiger partial charge on any atom is -0.348 e. The van der Waals surface area contributed by atoms with Gasteiger partial charge in [-0.25, -0.2) is 0 Å². The summed E-state index contributed by atoms with van der Waals surface area (Å²) in [7, 11) is 1.62. The highest BCUT2D eigenvalue weighted by Gasteiger charge is 2.23. The monoisotopic (exact) mass is 266 g/mol. The lowest BCUT2D eigenvalue weighted by Gasteiger charge is -2.26. The van der Waals surface area contributed by atoms with Gasteiger partial charge in [0.05, 0.1) is 11.1 Å². The van der Waals surface area contributed by atoms with Gasteiger partial charge in [0.25, 0.3) is 11.6 Å². The number of hydrogen-bond acceptors (Lipinski definition) is 4. The second-order valence-corrected chi connectivity index (χ2v) is 5.04. The van der Waals surface area contributed by atoms with Gasteiger partial charge in [-0.05, 0) is 25.7 Å². The van der Waals surface area contributed by atoms with Crippen LogP contribution in [-0.4, -0.2) is 27.5 Å². The van der Waals surface area contributed by atoms with Gasteiger partial charge in [0.15, 0.2) is 0 Å². The standard InChI is InChI=1S/C12H18N4O3/c1-15-7-10(16(18)19)6-11(15)12(17)14-9-4-2-8(13)3-5-9/h6-9H,2-5,13H2,1H3,(H,14,17). The second-order valence-electron chi connectivity index (χ2n) is 5.04. The van der Waals surface area contributed by atoms with E-state index in [9.17, 15) is 14.9 Å². The number of nitro groups is 1. The van der Waals surface area contributed by atoms with Crippen LogP contribution in [0.3, 0.4) is 0 Å². The first-order valence-corrected chi connectivity index (χ1v) is 6.34. The van der Waals surface area contributed by atoms with Crippen molar-refractivity contribution in [2.75, 3.05) is 0 Å². The molecule has 0 unspecified atom stereocenters. The van der Waals surface area contributed by atoms with Crippen LogP contribution in [0.25, 0.3) is 0 Å². The second kappa shape index (κ2) is 5.40. The van der Waals surface area contributed by atoms with Crippen LogP contribution in [-0.2, 0) is 7.05 Å². The van der Waals surface area contributed by atoms with Gasteiger partial charge in [0, 0.05) is 25.2 Å². The molecule has 1 aromatic heterocycles. The van der Waals surface area contributed by atoms with E-state index >= 15 is 0 Å². The Bertz CT molecular complexity index is 489. The summed E-state index contributed by atoms with van der Waals surface area (Å²) in [6.45, 7) is 0. The molecule has 7 heteroatoms. The summed E-state index contributed by atoms with van der Waals surface area (Å²) in [5.41, 5.74) is 6.04. The molecular weight excluding hydrogens is 248 g/mol. The van der Waals surface area contributed by atoms with Crippen molar-refractivity contribution in [1.29, 1.82) is 0 Å². The molecule has 2 rings (SSSR count). The Hall–Kier alpha value is -1.89. The van der Waals surface area contributed by atoms with Crippen molar-refractivity contribution < 1.29 is 9.72 Å². The normalized spacial score (nSPS) is 23.1. The van der Waals surface area contributed by atoms with Crippen molar-refractivity contribution in [3.63, 3.8) is 0 Å². The molecular formula is C12H18N4O3. The topological polar surface area (TPSA) is 103 Å². The molecule has 3 N–H and O–H groups in total. The highest BCUT2D eigenvalue weighted by molar-refractivity contribution is 5.93. The third-order valence-electron chi connectivity index (χ3n) is 3.54. The highest BCUT2D eigenvalue weighted by Crippen LogP contribution is 2.19. The van der Waals surface area contributed by atoms with E-state index in [1.165, 1.54) is 16.8 Å². The molecule has 0 radical (unpaired) electrons. The van der Waals surface area contributed by atoms with Crippen LogP contribution in [0.5, 0.6) is 0 Å². The maximum absolute atomic E-state index is 12.1. The van der Waals surface area contributed by atoms with Crippen LogP contribution in [0.4, 0.5) is 5.69 Å². The molecule has 104 valence electrons. The smallest absolute Gasteiger partial charge is 0.287 e. The van der Waals surface area contributed by atoms with Crippen molar-refractivity contribution >= 4 is 11.6 Å². The molecule has 0 aliphatic heterocycles. The molecule has 1 aliphatic carbocycles. The van der Waals surface area contributed by atoms with E-state index in [4.69, 9.17) is 5.73 Å². The van der Waals surface area contributed by atoms with E-state index < -0.39 is 4.92 Å². The molecule has 0 aromatic carbocycles. The third-order valence-corrected chi connectivity index (χ3v) is 3.54. The number of nitrogens with one attached hydrogen (secondary N) is 1. The number of carbonyl (C=O) groups is 1. The molecule has 1 saturated carbocycles. The number of hydrogen-bond donors (Lipinski definition) is 2. The summed E-state index contributed by atoms with van der Waals surface area (Å²) in [5, 5.41) is 13.6. The molecule has 1 heterocycles. The maximum atomic E-state index is 12.1. The Labute approximate surface area is 110 Å². The van der Waals surface area contributed by atoms with Crippen molar-refractivity contribution in [1.82, 2.24) is 9.88 Å². The predicted molar refractivity (Wildman–Crippen MR) is 69.8 cm³/mol. The van der Waals surface area contributed by atoms with E-state index in [0.29, 0.717) is 5.69 Å². The van der Waals surface area contributed by atoms with Gasteiger partial charge in [-0.2, -0.15) is 0 Å². The van der Waals surface area contributed by atoms with Gasteiger partial charge in [-0.3, -0.25) is 14.9 Å². The fourth-order valence-electron chi connectivity index (χ4n) is 2.40. The van der Waals surface area contributed by atoms with Crippen molar-refractivity contribution in [2.45, 2.75) is 37.8 Å². The van der Waals surface area contributed by atoms with E-state index in [1.807, 2.05) is 0 Å². The first-order valence-electron chi connectivity index (χ1n) is 6.34. The van der Waals surface area contributed by atoms with Crippen LogP contribution in [0, 0.1) is 10.1 Å². The van der Waals surface area contributed by atoms with Crippen LogP contribution in [0.15, 0.2) is 12.3 Å². The van der Waals surface area contributed by atoms with E-state index in [0.717, 1.165) is 25.7 Å². The fraction of sp³-hybridized carbons (Fsp3) is 0.583.